The van der Waals surface area contributed by atoms with Gasteiger partial charge in [0.1, 0.15) is 17.5 Å². The minimum absolute atomic E-state index is 0.0998. The summed E-state index contributed by atoms with van der Waals surface area (Å²) in [6, 6.07) is 8.80. The molecule has 1 N–H and O–H groups in total. The van der Waals surface area contributed by atoms with Gasteiger partial charge in [-0.1, -0.05) is 38.1 Å². The van der Waals surface area contributed by atoms with E-state index in [0.717, 1.165) is 37.6 Å². The Morgan fingerprint density at radius 1 is 1.03 bits per heavy atom. The predicted molar refractivity (Wildman–Crippen MR) is 114 cm³/mol. The minimum atomic E-state index is -1.41. The average molecular weight is 444 g/mol. The number of halogens is 3. The van der Waals surface area contributed by atoms with Gasteiger partial charge >= 0.3 is 6.09 Å². The molecule has 32 heavy (non-hydrogen) atoms. The molecule has 2 aromatic carbocycles. The van der Waals surface area contributed by atoms with Crippen LogP contribution >= 0.6 is 0 Å². The SMILES string of the molecule is CC1(C)Cc2ccccc2C1(NC(=O)O[C@H]1CN2CCC1CC2)c1cc(F)c(F)cc1F. The van der Waals surface area contributed by atoms with Gasteiger partial charge in [0.25, 0.3) is 0 Å². The second kappa shape index (κ2) is 7.51. The van der Waals surface area contributed by atoms with Crippen molar-refractivity contribution < 1.29 is 22.7 Å². The molecular formula is C25H27F3N2O2. The maximum atomic E-state index is 15.2. The van der Waals surface area contributed by atoms with Crippen molar-refractivity contribution in [2.24, 2.45) is 11.3 Å². The average Bonchev–Trinajstić information content (AvgIpc) is 2.98. The van der Waals surface area contributed by atoms with Gasteiger partial charge in [0.05, 0.1) is 0 Å². The number of piperidine rings is 3. The van der Waals surface area contributed by atoms with Crippen LogP contribution < -0.4 is 5.32 Å². The molecule has 0 saturated carbocycles. The van der Waals surface area contributed by atoms with Crippen LogP contribution in [-0.2, 0) is 16.7 Å². The standard InChI is InChI=1S/C25H27F3N2O2/c1-24(2)13-16-5-3-4-6-17(16)25(24,18-11-20(27)21(28)12-19(18)26)29-23(31)32-22-14-30-9-7-15(22)8-10-30/h3-6,11-12,15,22H,7-10,13-14H2,1-2H3,(H,29,31)/t22-,25?/m0/s1. The molecule has 170 valence electrons. The van der Waals surface area contributed by atoms with Crippen LogP contribution in [0.3, 0.4) is 0 Å². The second-order valence-electron chi connectivity index (χ2n) is 9.92. The molecule has 1 unspecified atom stereocenters. The number of hydrogen-bond donors (Lipinski definition) is 1. The lowest BCUT2D eigenvalue weighted by molar-refractivity contribution is -0.0368. The number of ether oxygens (including phenoxy) is 1. The Morgan fingerprint density at radius 2 is 1.72 bits per heavy atom. The van der Waals surface area contributed by atoms with Crippen molar-refractivity contribution in [2.45, 2.75) is 44.8 Å². The van der Waals surface area contributed by atoms with Gasteiger partial charge in [-0.15, -0.1) is 0 Å². The lowest BCUT2D eigenvalue weighted by Crippen LogP contribution is -2.57. The van der Waals surface area contributed by atoms with Crippen molar-refractivity contribution in [1.29, 1.82) is 0 Å². The van der Waals surface area contributed by atoms with Gasteiger partial charge < -0.3 is 10.1 Å². The Balaban J connectivity index is 1.57. The number of alkyl carbamates (subject to hydrolysis) is 1. The highest BCUT2D eigenvalue weighted by atomic mass is 19.2. The molecule has 6 rings (SSSR count). The van der Waals surface area contributed by atoms with Crippen LogP contribution in [0.15, 0.2) is 36.4 Å². The van der Waals surface area contributed by atoms with Gasteiger partial charge in [-0.25, -0.2) is 18.0 Å². The smallest absolute Gasteiger partial charge is 0.408 e. The molecule has 3 saturated heterocycles. The fraction of sp³-hybridized carbons (Fsp3) is 0.480. The van der Waals surface area contributed by atoms with Crippen LogP contribution in [0.5, 0.6) is 0 Å². The zero-order chi connectivity index (χ0) is 22.7. The van der Waals surface area contributed by atoms with Crippen molar-refractivity contribution in [1.82, 2.24) is 10.2 Å². The number of rotatable bonds is 3. The van der Waals surface area contributed by atoms with Crippen molar-refractivity contribution in [2.75, 3.05) is 19.6 Å². The van der Waals surface area contributed by atoms with Gasteiger partial charge in [-0.05, 0) is 55.5 Å². The summed E-state index contributed by atoms with van der Waals surface area (Å²) >= 11 is 0. The van der Waals surface area contributed by atoms with E-state index in [-0.39, 0.29) is 11.7 Å². The van der Waals surface area contributed by atoms with Gasteiger partial charge in [-0.3, -0.25) is 4.90 Å². The first-order valence-electron chi connectivity index (χ1n) is 11.2. The van der Waals surface area contributed by atoms with Crippen LogP contribution in [-0.4, -0.2) is 36.7 Å². The van der Waals surface area contributed by atoms with Gasteiger partial charge in [0.15, 0.2) is 11.6 Å². The highest BCUT2D eigenvalue weighted by Crippen LogP contribution is 2.54. The molecule has 7 heteroatoms. The molecule has 2 bridgehead atoms. The second-order valence-corrected chi connectivity index (χ2v) is 9.92. The molecule has 3 fully saturated rings. The quantitative estimate of drug-likeness (QED) is 0.695. The number of amides is 1. The number of carbonyl (C=O) groups is 1. The summed E-state index contributed by atoms with van der Waals surface area (Å²) in [5.41, 5.74) is -0.647. The first-order valence-corrected chi connectivity index (χ1v) is 11.2. The van der Waals surface area contributed by atoms with E-state index in [9.17, 15) is 13.6 Å². The molecule has 4 aliphatic rings. The third-order valence-electron chi connectivity index (χ3n) is 7.63. The third-order valence-corrected chi connectivity index (χ3v) is 7.63. The van der Waals surface area contributed by atoms with E-state index < -0.39 is 34.5 Å². The zero-order valence-corrected chi connectivity index (χ0v) is 18.3. The van der Waals surface area contributed by atoms with E-state index in [1.807, 2.05) is 26.0 Å². The van der Waals surface area contributed by atoms with Crippen molar-refractivity contribution in [3.05, 3.63) is 70.5 Å². The number of fused-ring (bicyclic) bond motifs is 4. The van der Waals surface area contributed by atoms with Crippen molar-refractivity contribution >= 4 is 6.09 Å². The number of carbonyl (C=O) groups excluding carboxylic acids is 1. The fourth-order valence-electron chi connectivity index (χ4n) is 6.00. The highest BCUT2D eigenvalue weighted by Gasteiger charge is 2.56. The molecule has 4 nitrogen and oxygen atoms in total. The maximum Gasteiger partial charge on any atom is 0.408 e. The van der Waals surface area contributed by atoms with Crippen molar-refractivity contribution in [3.63, 3.8) is 0 Å². The Labute approximate surface area is 185 Å². The van der Waals surface area contributed by atoms with E-state index in [1.165, 1.54) is 0 Å². The summed E-state index contributed by atoms with van der Waals surface area (Å²) in [6.07, 6.45) is 1.59. The fourth-order valence-corrected chi connectivity index (χ4v) is 6.00. The molecule has 2 aromatic rings. The lowest BCUT2D eigenvalue weighted by Gasteiger charge is -2.46. The normalized spacial score (nSPS) is 30.1. The molecule has 0 aromatic heterocycles. The Hall–Kier alpha value is -2.54. The largest absolute Gasteiger partial charge is 0.445 e. The summed E-state index contributed by atoms with van der Waals surface area (Å²) in [5.74, 6) is -3.02. The summed E-state index contributed by atoms with van der Waals surface area (Å²) < 4.78 is 49.2. The molecule has 2 atom stereocenters. The van der Waals surface area contributed by atoms with E-state index in [2.05, 4.69) is 10.2 Å². The highest BCUT2D eigenvalue weighted by molar-refractivity contribution is 5.72. The number of benzene rings is 2. The first-order chi connectivity index (χ1) is 15.2. The summed E-state index contributed by atoms with van der Waals surface area (Å²) in [6.45, 7) is 6.49. The minimum Gasteiger partial charge on any atom is -0.445 e. The summed E-state index contributed by atoms with van der Waals surface area (Å²) in [5, 5.41) is 2.94. The summed E-state index contributed by atoms with van der Waals surface area (Å²) in [4.78, 5) is 15.5. The number of nitrogens with zero attached hydrogens (tertiary/aromatic N) is 1. The zero-order valence-electron chi connectivity index (χ0n) is 18.3. The van der Waals surface area contributed by atoms with Crippen LogP contribution in [0, 0.1) is 28.8 Å². The maximum absolute atomic E-state index is 15.2. The topological polar surface area (TPSA) is 41.6 Å². The molecule has 0 radical (unpaired) electrons. The van der Waals surface area contributed by atoms with E-state index >= 15 is 4.39 Å². The monoisotopic (exact) mass is 444 g/mol. The Kier molecular flexibility index (Phi) is 5.00. The van der Waals surface area contributed by atoms with Crippen LogP contribution in [0.2, 0.25) is 0 Å². The van der Waals surface area contributed by atoms with E-state index in [4.69, 9.17) is 4.74 Å². The molecule has 0 spiro atoms. The Bertz CT molecular complexity index is 1070. The van der Waals surface area contributed by atoms with E-state index in [0.29, 0.717) is 30.5 Å². The van der Waals surface area contributed by atoms with Crippen LogP contribution in [0.25, 0.3) is 0 Å². The third kappa shape index (κ3) is 3.20. The van der Waals surface area contributed by atoms with E-state index in [1.54, 1.807) is 12.1 Å². The molecule has 3 aliphatic heterocycles. The first kappa shape index (κ1) is 21.3. The molecule has 1 aliphatic carbocycles. The molecular weight excluding hydrogens is 417 g/mol. The van der Waals surface area contributed by atoms with Crippen LogP contribution in [0.1, 0.15) is 43.4 Å². The van der Waals surface area contributed by atoms with Gasteiger partial charge in [0.2, 0.25) is 0 Å². The Morgan fingerprint density at radius 3 is 2.41 bits per heavy atom. The van der Waals surface area contributed by atoms with Gasteiger partial charge in [-0.2, -0.15) is 0 Å². The van der Waals surface area contributed by atoms with Gasteiger partial charge in [0, 0.05) is 23.6 Å². The van der Waals surface area contributed by atoms with Crippen LogP contribution in [0.4, 0.5) is 18.0 Å². The summed E-state index contributed by atoms with van der Waals surface area (Å²) in [7, 11) is 0. The lowest BCUT2D eigenvalue weighted by atomic mass is 9.68. The molecule has 1 amide bonds. The number of nitrogens with one attached hydrogen (secondary N) is 1. The number of hydrogen-bond acceptors (Lipinski definition) is 3. The predicted octanol–water partition coefficient (Wildman–Crippen LogP) is 4.75. The van der Waals surface area contributed by atoms with Crippen molar-refractivity contribution in [3.8, 4) is 0 Å². The molecule has 3 heterocycles.